The zero-order valence-electron chi connectivity index (χ0n) is 10.8. The minimum Gasteiger partial charge on any atom is -0.360 e. The lowest BCUT2D eigenvalue weighted by molar-refractivity contribution is 0.233. The van der Waals surface area contributed by atoms with E-state index in [0.717, 1.165) is 6.04 Å². The van der Waals surface area contributed by atoms with E-state index in [1.807, 2.05) is 0 Å². The summed E-state index contributed by atoms with van der Waals surface area (Å²) in [5.74, 6) is 0. The average Bonchev–Trinajstić information content (AvgIpc) is 2.16. The van der Waals surface area contributed by atoms with Crippen LogP contribution in [0.2, 0.25) is 0 Å². The van der Waals surface area contributed by atoms with Gasteiger partial charge in [-0.1, -0.05) is 13.3 Å². The molecule has 0 spiro atoms. The van der Waals surface area contributed by atoms with E-state index in [9.17, 15) is 0 Å². The Labute approximate surface area is 94.8 Å². The van der Waals surface area contributed by atoms with Gasteiger partial charge in [-0.3, -0.25) is 4.99 Å². The van der Waals surface area contributed by atoms with Crippen LogP contribution in [-0.2, 0) is 0 Å². The van der Waals surface area contributed by atoms with Gasteiger partial charge in [0.05, 0.1) is 11.9 Å². The van der Waals surface area contributed by atoms with Crippen LogP contribution in [0.5, 0.6) is 0 Å². The first-order chi connectivity index (χ1) is 7.03. The highest BCUT2D eigenvalue weighted by Crippen LogP contribution is 2.19. The van der Waals surface area contributed by atoms with E-state index in [1.165, 1.54) is 38.6 Å². The molecule has 2 heteroatoms. The van der Waals surface area contributed by atoms with Crippen molar-refractivity contribution in [1.82, 2.24) is 4.90 Å². The fourth-order valence-corrected chi connectivity index (χ4v) is 2.07. The molecule has 0 saturated carbocycles. The van der Waals surface area contributed by atoms with E-state index in [1.54, 1.807) is 0 Å². The molecule has 0 amide bonds. The summed E-state index contributed by atoms with van der Waals surface area (Å²) in [6.07, 6.45) is 8.77. The second kappa shape index (κ2) is 5.53. The van der Waals surface area contributed by atoms with E-state index in [0.29, 0.717) is 0 Å². The molecule has 0 bridgehead atoms. The predicted octanol–water partition coefficient (Wildman–Crippen LogP) is 3.47. The van der Waals surface area contributed by atoms with Gasteiger partial charge in [-0.15, -0.1) is 0 Å². The molecule has 2 nitrogen and oxygen atoms in total. The molecule has 0 aromatic heterocycles. The number of rotatable bonds is 3. The highest BCUT2D eigenvalue weighted by molar-refractivity contribution is 5.56. The van der Waals surface area contributed by atoms with Crippen LogP contribution in [0, 0.1) is 0 Å². The maximum Gasteiger partial charge on any atom is 0.0858 e. The molecule has 1 aliphatic rings. The average molecular weight is 210 g/mol. The smallest absolute Gasteiger partial charge is 0.0858 e. The molecule has 1 atom stereocenters. The lowest BCUT2D eigenvalue weighted by atomic mass is 9.99. The predicted molar refractivity (Wildman–Crippen MR) is 67.5 cm³/mol. The first kappa shape index (κ1) is 12.5. The normalized spacial score (nSPS) is 23.7. The van der Waals surface area contributed by atoms with Gasteiger partial charge in [0.15, 0.2) is 0 Å². The zero-order chi connectivity index (χ0) is 11.3. The van der Waals surface area contributed by atoms with Gasteiger partial charge < -0.3 is 4.90 Å². The fraction of sp³-hybridized carbons (Fsp3) is 0.923. The summed E-state index contributed by atoms with van der Waals surface area (Å²) in [4.78, 5) is 7.07. The van der Waals surface area contributed by atoms with Crippen LogP contribution >= 0.6 is 0 Å². The molecule has 1 saturated heterocycles. The maximum atomic E-state index is 4.61. The third kappa shape index (κ3) is 4.67. The number of likely N-dealkylation sites (tertiary alicyclic amines) is 1. The van der Waals surface area contributed by atoms with Crippen molar-refractivity contribution in [2.24, 2.45) is 4.99 Å². The highest BCUT2D eigenvalue weighted by Gasteiger charge is 2.19. The van der Waals surface area contributed by atoms with Crippen molar-refractivity contribution in [3.05, 3.63) is 0 Å². The topological polar surface area (TPSA) is 15.6 Å². The van der Waals surface area contributed by atoms with Gasteiger partial charge in [0.1, 0.15) is 0 Å². The van der Waals surface area contributed by atoms with Gasteiger partial charge in [-0.25, -0.2) is 0 Å². The molecule has 0 N–H and O–H groups in total. The van der Waals surface area contributed by atoms with E-state index < -0.39 is 0 Å². The molecule has 0 aliphatic carbocycles. The van der Waals surface area contributed by atoms with E-state index in [-0.39, 0.29) is 5.54 Å². The van der Waals surface area contributed by atoms with Crippen LogP contribution in [0.25, 0.3) is 0 Å². The van der Waals surface area contributed by atoms with Crippen molar-refractivity contribution in [3.8, 4) is 0 Å². The summed E-state index contributed by atoms with van der Waals surface area (Å²) in [6, 6.07) is 0.745. The molecule has 0 radical (unpaired) electrons. The molecule has 0 aromatic carbocycles. The molecule has 1 rings (SSSR count). The quantitative estimate of drug-likeness (QED) is 0.514. The molecular weight excluding hydrogens is 184 g/mol. The van der Waals surface area contributed by atoms with Gasteiger partial charge in [-0.2, -0.15) is 0 Å². The number of hydrogen-bond donors (Lipinski definition) is 0. The molecule has 15 heavy (non-hydrogen) atoms. The maximum absolute atomic E-state index is 4.61. The second-order valence-electron chi connectivity index (χ2n) is 5.59. The Balaban J connectivity index is 2.52. The van der Waals surface area contributed by atoms with Crippen LogP contribution in [0.3, 0.4) is 0 Å². The van der Waals surface area contributed by atoms with E-state index in [4.69, 9.17) is 0 Å². The van der Waals surface area contributed by atoms with Gasteiger partial charge in [0, 0.05) is 12.6 Å². The summed E-state index contributed by atoms with van der Waals surface area (Å²) in [7, 11) is 0. The Morgan fingerprint density at radius 2 is 2.07 bits per heavy atom. The zero-order valence-corrected chi connectivity index (χ0v) is 10.8. The summed E-state index contributed by atoms with van der Waals surface area (Å²) < 4.78 is 0. The van der Waals surface area contributed by atoms with Gasteiger partial charge >= 0.3 is 0 Å². The molecular formula is C13H26N2. The first-order valence-corrected chi connectivity index (χ1v) is 6.34. The summed E-state index contributed by atoms with van der Waals surface area (Å²) in [5, 5.41) is 0. The molecule has 1 fully saturated rings. The lowest BCUT2D eigenvalue weighted by Gasteiger charge is -2.34. The molecule has 1 heterocycles. The minimum atomic E-state index is 0.0637. The van der Waals surface area contributed by atoms with Crippen LogP contribution in [0.4, 0.5) is 0 Å². The summed E-state index contributed by atoms with van der Waals surface area (Å²) in [6.45, 7) is 9.94. The molecule has 1 aliphatic heterocycles. The monoisotopic (exact) mass is 210 g/mol. The fourth-order valence-electron chi connectivity index (χ4n) is 2.07. The van der Waals surface area contributed by atoms with Crippen LogP contribution in [-0.4, -0.2) is 29.4 Å². The summed E-state index contributed by atoms with van der Waals surface area (Å²) >= 11 is 0. The third-order valence-electron chi connectivity index (χ3n) is 2.89. The van der Waals surface area contributed by atoms with Crippen LogP contribution < -0.4 is 0 Å². The van der Waals surface area contributed by atoms with Crippen molar-refractivity contribution in [2.75, 3.05) is 6.54 Å². The SMILES string of the molecule is CCCC1CCCCN1C=NC(C)(C)C. The van der Waals surface area contributed by atoms with Crippen molar-refractivity contribution >= 4 is 6.34 Å². The van der Waals surface area contributed by atoms with Gasteiger partial charge in [0.25, 0.3) is 0 Å². The minimum absolute atomic E-state index is 0.0637. The highest BCUT2D eigenvalue weighted by atomic mass is 15.2. The number of piperidine rings is 1. The molecule has 88 valence electrons. The molecule has 0 aromatic rings. The number of aliphatic imine (C=N–C) groups is 1. The largest absolute Gasteiger partial charge is 0.360 e. The lowest BCUT2D eigenvalue weighted by Crippen LogP contribution is -2.38. The van der Waals surface area contributed by atoms with Crippen molar-refractivity contribution in [3.63, 3.8) is 0 Å². The Morgan fingerprint density at radius 3 is 2.67 bits per heavy atom. The van der Waals surface area contributed by atoms with Crippen LogP contribution in [0.15, 0.2) is 4.99 Å². The Morgan fingerprint density at radius 1 is 1.33 bits per heavy atom. The first-order valence-electron chi connectivity index (χ1n) is 6.34. The molecule has 1 unspecified atom stereocenters. The second-order valence-corrected chi connectivity index (χ2v) is 5.59. The number of nitrogens with zero attached hydrogens (tertiary/aromatic N) is 2. The van der Waals surface area contributed by atoms with Crippen LogP contribution in [0.1, 0.15) is 59.8 Å². The van der Waals surface area contributed by atoms with Crippen molar-refractivity contribution in [1.29, 1.82) is 0 Å². The standard InChI is InChI=1S/C13H26N2/c1-5-8-12-9-6-7-10-15(12)11-14-13(2,3)4/h11-12H,5-10H2,1-4H3. The Hall–Kier alpha value is -0.530. The van der Waals surface area contributed by atoms with Gasteiger partial charge in [0.2, 0.25) is 0 Å². The Bertz CT molecular complexity index is 201. The van der Waals surface area contributed by atoms with E-state index >= 15 is 0 Å². The van der Waals surface area contributed by atoms with Gasteiger partial charge in [-0.05, 0) is 46.5 Å². The van der Waals surface area contributed by atoms with Crippen molar-refractivity contribution < 1.29 is 0 Å². The van der Waals surface area contributed by atoms with E-state index in [2.05, 4.69) is 43.9 Å². The number of hydrogen-bond acceptors (Lipinski definition) is 1. The summed E-state index contributed by atoms with van der Waals surface area (Å²) in [5.41, 5.74) is 0.0637. The Kier molecular flexibility index (Phi) is 4.62. The van der Waals surface area contributed by atoms with Crippen molar-refractivity contribution in [2.45, 2.75) is 71.4 Å². The third-order valence-corrected chi connectivity index (χ3v) is 2.89.